The summed E-state index contributed by atoms with van der Waals surface area (Å²) in [5.74, 6) is 6.71. The van der Waals surface area contributed by atoms with E-state index < -0.39 is 0 Å². The summed E-state index contributed by atoms with van der Waals surface area (Å²) in [4.78, 5) is 24.4. The highest BCUT2D eigenvalue weighted by Gasteiger charge is 2.28. The molecule has 0 bridgehead atoms. The van der Waals surface area contributed by atoms with Gasteiger partial charge in [-0.15, -0.1) is 0 Å². The quantitative estimate of drug-likeness (QED) is 0.407. The zero-order valence-electron chi connectivity index (χ0n) is 22.0. The van der Waals surface area contributed by atoms with Crippen LogP contribution in [0.3, 0.4) is 0 Å². The van der Waals surface area contributed by atoms with Crippen molar-refractivity contribution in [3.05, 3.63) is 64.5 Å². The monoisotopic (exact) mass is 497 g/mol. The number of aryl methyl sites for hydroxylation is 3. The van der Waals surface area contributed by atoms with Crippen LogP contribution in [-0.4, -0.2) is 80.2 Å². The molecule has 0 amide bonds. The Morgan fingerprint density at radius 3 is 2.59 bits per heavy atom. The maximum atomic E-state index is 12.3. The fraction of sp³-hybridized carbons (Fsp3) is 0.448. The lowest BCUT2D eigenvalue weighted by molar-refractivity contribution is 0.0920. The number of imidazole rings is 2. The minimum Gasteiger partial charge on any atom is -0.370 e. The normalized spacial score (nSPS) is 18.0. The lowest BCUT2D eigenvalue weighted by atomic mass is 10.0. The van der Waals surface area contributed by atoms with Crippen molar-refractivity contribution < 1.29 is 0 Å². The van der Waals surface area contributed by atoms with Gasteiger partial charge in [0, 0.05) is 78.0 Å². The molecule has 5 heterocycles. The number of hydrogen-bond donors (Lipinski definition) is 0. The second-order valence-corrected chi connectivity index (χ2v) is 10.4. The van der Waals surface area contributed by atoms with E-state index in [0.29, 0.717) is 6.04 Å². The predicted molar refractivity (Wildman–Crippen MR) is 148 cm³/mol. The van der Waals surface area contributed by atoms with Gasteiger partial charge in [-0.25, -0.2) is 9.78 Å². The van der Waals surface area contributed by atoms with E-state index in [0.717, 1.165) is 68.1 Å². The van der Waals surface area contributed by atoms with E-state index in [-0.39, 0.29) is 5.69 Å². The zero-order valence-corrected chi connectivity index (χ0v) is 22.0. The molecule has 2 aliphatic rings. The van der Waals surface area contributed by atoms with Crippen LogP contribution in [0.25, 0.3) is 16.7 Å². The predicted octanol–water partition coefficient (Wildman–Crippen LogP) is 2.47. The molecule has 3 aromatic heterocycles. The van der Waals surface area contributed by atoms with Gasteiger partial charge in [0.1, 0.15) is 5.65 Å². The van der Waals surface area contributed by atoms with Crippen LogP contribution in [0.15, 0.2) is 47.7 Å². The Morgan fingerprint density at radius 1 is 1.03 bits per heavy atom. The smallest absolute Gasteiger partial charge is 0.328 e. The Kier molecular flexibility index (Phi) is 6.27. The van der Waals surface area contributed by atoms with E-state index in [2.05, 4.69) is 55.1 Å². The number of pyridine rings is 1. The number of para-hydroxylation sites is 1. The highest BCUT2D eigenvalue weighted by atomic mass is 16.1. The molecule has 8 heteroatoms. The maximum absolute atomic E-state index is 12.3. The summed E-state index contributed by atoms with van der Waals surface area (Å²) in [6, 6.07) is 8.82. The van der Waals surface area contributed by atoms with Crippen molar-refractivity contribution in [2.75, 3.05) is 50.7 Å². The van der Waals surface area contributed by atoms with Crippen molar-refractivity contribution in [3.8, 4) is 11.8 Å². The van der Waals surface area contributed by atoms with E-state index in [1.165, 1.54) is 24.1 Å². The van der Waals surface area contributed by atoms with Crippen molar-refractivity contribution in [2.45, 2.75) is 25.8 Å². The molecule has 0 N–H and O–H groups in total. The molecule has 8 nitrogen and oxygen atoms in total. The minimum absolute atomic E-state index is 0.0133. The number of anilines is 1. The zero-order chi connectivity index (χ0) is 25.5. The number of aromatic nitrogens is 4. The molecule has 2 aliphatic heterocycles. The van der Waals surface area contributed by atoms with Gasteiger partial charge >= 0.3 is 5.69 Å². The third kappa shape index (κ3) is 4.43. The first kappa shape index (κ1) is 23.8. The summed E-state index contributed by atoms with van der Waals surface area (Å²) >= 11 is 0. The number of rotatable bonds is 3. The highest BCUT2D eigenvalue weighted by molar-refractivity contribution is 5.82. The maximum Gasteiger partial charge on any atom is 0.328 e. The van der Waals surface area contributed by atoms with Crippen LogP contribution in [0.4, 0.5) is 5.69 Å². The number of benzene rings is 1. The molecule has 4 aromatic rings. The molecule has 2 fully saturated rings. The van der Waals surface area contributed by atoms with E-state index in [1.807, 2.05) is 44.7 Å². The Balaban J connectivity index is 1.03. The van der Waals surface area contributed by atoms with Gasteiger partial charge in [0.2, 0.25) is 0 Å². The lowest BCUT2D eigenvalue weighted by Crippen LogP contribution is -2.53. The van der Waals surface area contributed by atoms with Crippen LogP contribution in [0.2, 0.25) is 0 Å². The Bertz CT molecular complexity index is 1550. The van der Waals surface area contributed by atoms with Crippen molar-refractivity contribution in [3.63, 3.8) is 0 Å². The molecule has 6 rings (SSSR count). The van der Waals surface area contributed by atoms with Crippen molar-refractivity contribution in [2.24, 2.45) is 14.1 Å². The molecule has 0 atom stereocenters. The van der Waals surface area contributed by atoms with Crippen LogP contribution in [0.5, 0.6) is 0 Å². The minimum atomic E-state index is -0.0133. The van der Waals surface area contributed by atoms with E-state index in [4.69, 9.17) is 0 Å². The first-order valence-corrected chi connectivity index (χ1v) is 13.3. The fourth-order valence-corrected chi connectivity index (χ4v) is 6.06. The summed E-state index contributed by atoms with van der Waals surface area (Å²) in [6.07, 6.45) is 8.54. The number of fused-ring (bicyclic) bond motifs is 2. The summed E-state index contributed by atoms with van der Waals surface area (Å²) in [5.41, 5.74) is 6.40. The van der Waals surface area contributed by atoms with Gasteiger partial charge in [-0.1, -0.05) is 17.9 Å². The van der Waals surface area contributed by atoms with Crippen molar-refractivity contribution in [1.29, 1.82) is 0 Å². The largest absolute Gasteiger partial charge is 0.370 e. The number of hydrogen-bond acceptors (Lipinski definition) is 5. The van der Waals surface area contributed by atoms with E-state index in [9.17, 15) is 4.79 Å². The van der Waals surface area contributed by atoms with E-state index in [1.54, 1.807) is 9.13 Å². The lowest BCUT2D eigenvalue weighted by Gasteiger charge is -2.43. The first-order chi connectivity index (χ1) is 18.0. The molecule has 37 heavy (non-hydrogen) atoms. The van der Waals surface area contributed by atoms with Gasteiger partial charge in [-0.3, -0.25) is 18.9 Å². The van der Waals surface area contributed by atoms with Crippen LogP contribution < -0.4 is 10.6 Å². The Labute approximate surface area is 217 Å². The second kappa shape index (κ2) is 9.73. The van der Waals surface area contributed by atoms with Gasteiger partial charge in [0.05, 0.1) is 28.8 Å². The molecule has 0 unspecified atom stereocenters. The molecule has 2 saturated heterocycles. The average Bonchev–Trinajstić information content (AvgIpc) is 3.47. The summed E-state index contributed by atoms with van der Waals surface area (Å²) in [5, 5.41) is 0. The Morgan fingerprint density at radius 2 is 1.81 bits per heavy atom. The average molecular weight is 498 g/mol. The molecule has 0 aliphatic carbocycles. The van der Waals surface area contributed by atoms with Crippen LogP contribution in [0, 0.1) is 18.8 Å². The molecule has 0 radical (unpaired) electrons. The first-order valence-electron chi connectivity index (χ1n) is 13.3. The number of piperidine rings is 1. The highest BCUT2D eigenvalue weighted by Crippen LogP contribution is 2.27. The molecule has 192 valence electrons. The third-order valence-corrected chi connectivity index (χ3v) is 8.25. The van der Waals surface area contributed by atoms with Crippen molar-refractivity contribution in [1.82, 2.24) is 28.3 Å². The topological polar surface area (TPSA) is 54.0 Å². The van der Waals surface area contributed by atoms with E-state index >= 15 is 0 Å². The third-order valence-electron chi connectivity index (χ3n) is 8.25. The standard InChI is InChI=1S/C29H35N7O/c1-22-20-27-30-11-15-36(27)21-26(22)35-13-9-24(10-14-35)34-18-16-33(17-19-34)12-5-7-23-6-4-8-25-28(23)32(3)29(37)31(25)2/h4,6,8,11,15,20-21,24H,9-10,12-14,16-19H2,1-3H3. The number of nitrogens with zero attached hydrogens (tertiary/aromatic N) is 7. The molecule has 1 aromatic carbocycles. The molecular formula is C29H35N7O. The van der Waals surface area contributed by atoms with Crippen molar-refractivity contribution >= 4 is 22.4 Å². The van der Waals surface area contributed by atoms with Gasteiger partial charge in [-0.2, -0.15) is 0 Å². The van der Waals surface area contributed by atoms with Gasteiger partial charge in [0.25, 0.3) is 0 Å². The second-order valence-electron chi connectivity index (χ2n) is 10.4. The molecule has 0 spiro atoms. The van der Waals surface area contributed by atoms with Crippen LogP contribution in [0.1, 0.15) is 24.0 Å². The molecule has 0 saturated carbocycles. The van der Waals surface area contributed by atoms with Gasteiger partial charge < -0.3 is 9.30 Å². The van der Waals surface area contributed by atoms with Crippen LogP contribution >= 0.6 is 0 Å². The number of piperazine rings is 1. The van der Waals surface area contributed by atoms with Gasteiger partial charge in [0.15, 0.2) is 0 Å². The Hall–Kier alpha value is -3.54. The van der Waals surface area contributed by atoms with Crippen LogP contribution in [-0.2, 0) is 14.1 Å². The summed E-state index contributed by atoms with van der Waals surface area (Å²) in [7, 11) is 3.63. The van der Waals surface area contributed by atoms with Gasteiger partial charge in [-0.05, 0) is 43.5 Å². The fourth-order valence-electron chi connectivity index (χ4n) is 6.06. The summed E-state index contributed by atoms with van der Waals surface area (Å²) < 4.78 is 5.50. The summed E-state index contributed by atoms with van der Waals surface area (Å²) in [6.45, 7) is 9.48. The SMILES string of the molecule is Cc1cc2nccn2cc1N1CCC(N2CCN(CC#Cc3cccc4c3n(C)c(=O)n4C)CC2)CC1. The molecular weight excluding hydrogens is 462 g/mol.